The third kappa shape index (κ3) is 5.60. The summed E-state index contributed by atoms with van der Waals surface area (Å²) in [6.45, 7) is 4.18. The second kappa shape index (κ2) is 9.64. The number of hydrogen-bond donors (Lipinski definition) is 1. The second-order valence-corrected chi connectivity index (χ2v) is 8.48. The number of carbonyl (C=O) groups excluding carboxylic acids is 1. The van der Waals surface area contributed by atoms with Crippen LogP contribution < -0.4 is 10.1 Å². The van der Waals surface area contributed by atoms with Crippen LogP contribution >= 0.6 is 11.3 Å². The molecule has 0 bridgehead atoms. The zero-order chi connectivity index (χ0) is 24.3. The van der Waals surface area contributed by atoms with Gasteiger partial charge in [-0.3, -0.25) is 9.67 Å². The summed E-state index contributed by atoms with van der Waals surface area (Å²) in [5.41, 5.74) is 2.80. The number of rotatable bonds is 6. The Morgan fingerprint density at radius 2 is 1.91 bits per heavy atom. The summed E-state index contributed by atoms with van der Waals surface area (Å²) in [5, 5.41) is 8.13. The van der Waals surface area contributed by atoms with Crippen LogP contribution in [-0.4, -0.2) is 25.8 Å². The molecule has 0 aliphatic rings. The number of benzene rings is 1. The number of amides is 1. The lowest BCUT2D eigenvalue weighted by molar-refractivity contribution is -0.137. The summed E-state index contributed by atoms with van der Waals surface area (Å²) in [5.74, 6) is 0. The molecule has 3 heterocycles. The van der Waals surface area contributed by atoms with Crippen LogP contribution in [0.5, 0.6) is 5.06 Å². The van der Waals surface area contributed by atoms with Crippen LogP contribution in [0.2, 0.25) is 0 Å². The third-order valence-corrected chi connectivity index (χ3v) is 5.97. The first-order valence-corrected chi connectivity index (χ1v) is 11.0. The molecule has 34 heavy (non-hydrogen) atoms. The highest BCUT2D eigenvalue weighted by Crippen LogP contribution is 2.34. The number of aryl methyl sites for hydroxylation is 2. The molecule has 0 fully saturated rings. The fraction of sp³-hybridized carbons (Fsp3) is 0.217. The summed E-state index contributed by atoms with van der Waals surface area (Å²) in [7, 11) is 0. The van der Waals surface area contributed by atoms with Crippen molar-refractivity contribution in [2.45, 2.75) is 33.1 Å². The van der Waals surface area contributed by atoms with Crippen LogP contribution in [0, 0.1) is 13.8 Å². The van der Waals surface area contributed by atoms with Crippen molar-refractivity contribution in [1.29, 1.82) is 0 Å². The summed E-state index contributed by atoms with van der Waals surface area (Å²) in [6.07, 6.45) is -1.67. The Hall–Kier alpha value is -3.73. The van der Waals surface area contributed by atoms with Crippen LogP contribution in [0.1, 0.15) is 28.1 Å². The maximum absolute atomic E-state index is 12.8. The fourth-order valence-corrected chi connectivity index (χ4v) is 4.00. The molecular weight excluding hydrogens is 467 g/mol. The number of pyridine rings is 1. The molecule has 4 aromatic rings. The van der Waals surface area contributed by atoms with Crippen molar-refractivity contribution in [2.75, 3.05) is 0 Å². The zero-order valence-electron chi connectivity index (χ0n) is 18.3. The largest absolute Gasteiger partial charge is 0.416 e. The minimum Gasteiger partial charge on any atom is -0.397 e. The Balaban J connectivity index is 1.42. The van der Waals surface area contributed by atoms with E-state index in [-0.39, 0.29) is 6.54 Å². The van der Waals surface area contributed by atoms with Gasteiger partial charge in [0.1, 0.15) is 10.7 Å². The van der Waals surface area contributed by atoms with Crippen LogP contribution in [0.25, 0.3) is 10.7 Å². The maximum atomic E-state index is 12.8. The number of nitrogens with zero attached hydrogens (tertiary/aromatic N) is 4. The monoisotopic (exact) mass is 487 g/mol. The minimum absolute atomic E-state index is 0.283. The lowest BCUT2D eigenvalue weighted by Gasteiger charge is -2.08. The standard InChI is InChI=1S/C23H20F3N5O2S/c1-14-10-19(30-31(14)13-16-5-7-18(8-6-16)23(24,25)26)20-29-15(2)21(34-20)33-22(32)28-12-17-4-3-9-27-11-17/h3-11H,12-13H2,1-2H3,(H,28,32). The summed E-state index contributed by atoms with van der Waals surface area (Å²) >= 11 is 1.19. The van der Waals surface area contributed by atoms with E-state index in [9.17, 15) is 18.0 Å². The van der Waals surface area contributed by atoms with E-state index in [1.807, 2.05) is 19.1 Å². The number of thiazole rings is 1. The van der Waals surface area contributed by atoms with Gasteiger partial charge in [-0.2, -0.15) is 18.3 Å². The molecule has 1 amide bonds. The number of alkyl halides is 3. The lowest BCUT2D eigenvalue weighted by atomic mass is 10.1. The zero-order valence-corrected chi connectivity index (χ0v) is 19.1. The molecule has 0 radical (unpaired) electrons. The van der Waals surface area contributed by atoms with Crippen molar-refractivity contribution >= 4 is 17.4 Å². The van der Waals surface area contributed by atoms with Crippen LogP contribution in [0.4, 0.5) is 18.0 Å². The van der Waals surface area contributed by atoms with Gasteiger partial charge in [0.25, 0.3) is 0 Å². The fourth-order valence-electron chi connectivity index (χ4n) is 3.13. The average molecular weight is 488 g/mol. The van der Waals surface area contributed by atoms with Crippen molar-refractivity contribution in [2.24, 2.45) is 0 Å². The molecule has 0 aliphatic heterocycles. The van der Waals surface area contributed by atoms with E-state index in [4.69, 9.17) is 4.74 Å². The summed E-state index contributed by atoms with van der Waals surface area (Å²) in [6, 6.07) is 10.4. The Labute approximate surface area is 197 Å². The highest BCUT2D eigenvalue weighted by Gasteiger charge is 2.30. The molecule has 7 nitrogen and oxygen atoms in total. The Bertz CT molecular complexity index is 1280. The highest BCUT2D eigenvalue weighted by molar-refractivity contribution is 7.17. The Morgan fingerprint density at radius 3 is 2.59 bits per heavy atom. The molecule has 0 unspecified atom stereocenters. The molecule has 0 atom stereocenters. The van der Waals surface area contributed by atoms with Crippen molar-refractivity contribution in [3.8, 4) is 15.8 Å². The third-order valence-electron chi connectivity index (χ3n) is 4.91. The first kappa shape index (κ1) is 23.4. The molecule has 11 heteroatoms. The van der Waals surface area contributed by atoms with Gasteiger partial charge in [-0.15, -0.1) is 0 Å². The number of carbonyl (C=O) groups is 1. The number of hydrogen-bond acceptors (Lipinski definition) is 6. The second-order valence-electron chi connectivity index (χ2n) is 7.52. The lowest BCUT2D eigenvalue weighted by Crippen LogP contribution is -2.26. The number of ether oxygens (including phenoxy) is 1. The van der Waals surface area contributed by atoms with Gasteiger partial charge in [-0.05, 0) is 49.2 Å². The molecule has 0 aliphatic carbocycles. The molecule has 1 aromatic carbocycles. The molecule has 176 valence electrons. The van der Waals surface area contributed by atoms with E-state index >= 15 is 0 Å². The normalized spacial score (nSPS) is 11.4. The van der Waals surface area contributed by atoms with Crippen molar-refractivity contribution in [3.05, 3.63) is 82.9 Å². The van der Waals surface area contributed by atoms with E-state index in [2.05, 4.69) is 20.4 Å². The van der Waals surface area contributed by atoms with Crippen molar-refractivity contribution in [1.82, 2.24) is 25.1 Å². The highest BCUT2D eigenvalue weighted by atomic mass is 32.1. The summed E-state index contributed by atoms with van der Waals surface area (Å²) in [4.78, 5) is 20.6. The van der Waals surface area contributed by atoms with Crippen LogP contribution in [0.15, 0.2) is 54.9 Å². The van der Waals surface area contributed by atoms with Gasteiger partial charge >= 0.3 is 12.3 Å². The van der Waals surface area contributed by atoms with Gasteiger partial charge in [-0.25, -0.2) is 9.78 Å². The number of nitrogens with one attached hydrogen (secondary N) is 1. The van der Waals surface area contributed by atoms with E-state index in [1.54, 1.807) is 30.1 Å². The van der Waals surface area contributed by atoms with Crippen molar-refractivity contribution in [3.63, 3.8) is 0 Å². The molecule has 0 saturated carbocycles. The first-order valence-electron chi connectivity index (χ1n) is 10.2. The van der Waals surface area contributed by atoms with Crippen LogP contribution in [-0.2, 0) is 19.3 Å². The Morgan fingerprint density at radius 1 is 1.15 bits per heavy atom. The van der Waals surface area contributed by atoms with Gasteiger partial charge in [-0.1, -0.05) is 29.5 Å². The van der Waals surface area contributed by atoms with Gasteiger partial charge < -0.3 is 10.1 Å². The van der Waals surface area contributed by atoms with E-state index in [1.165, 1.54) is 23.5 Å². The molecule has 4 rings (SSSR count). The van der Waals surface area contributed by atoms with Crippen LogP contribution in [0.3, 0.4) is 0 Å². The van der Waals surface area contributed by atoms with Gasteiger partial charge in [0.05, 0.1) is 17.8 Å². The smallest absolute Gasteiger partial charge is 0.397 e. The molecule has 1 N–H and O–H groups in total. The topological polar surface area (TPSA) is 81.9 Å². The molecule has 0 spiro atoms. The number of halogens is 3. The predicted octanol–water partition coefficient (Wildman–Crippen LogP) is 5.37. The predicted molar refractivity (Wildman–Crippen MR) is 120 cm³/mol. The van der Waals surface area contributed by atoms with Crippen molar-refractivity contribution < 1.29 is 22.7 Å². The Kier molecular flexibility index (Phi) is 6.64. The van der Waals surface area contributed by atoms with Gasteiger partial charge in [0.2, 0.25) is 5.06 Å². The van der Waals surface area contributed by atoms with Gasteiger partial charge in [0, 0.05) is 24.6 Å². The maximum Gasteiger partial charge on any atom is 0.416 e. The van der Waals surface area contributed by atoms with Gasteiger partial charge in [0.15, 0.2) is 0 Å². The first-order chi connectivity index (χ1) is 16.2. The average Bonchev–Trinajstić information content (AvgIpc) is 3.35. The van der Waals surface area contributed by atoms with E-state index in [0.717, 1.165) is 23.4 Å². The van der Waals surface area contributed by atoms with E-state index in [0.29, 0.717) is 33.6 Å². The SMILES string of the molecule is Cc1nc(-c2cc(C)n(Cc3ccc(C(F)(F)F)cc3)n2)sc1OC(=O)NCc1cccnc1. The number of aromatic nitrogens is 4. The quantitative estimate of drug-likeness (QED) is 0.395. The summed E-state index contributed by atoms with van der Waals surface area (Å²) < 4.78 is 45.4. The molecule has 0 saturated heterocycles. The minimum atomic E-state index is -4.37. The van der Waals surface area contributed by atoms with E-state index < -0.39 is 17.8 Å². The molecular formula is C23H20F3N5O2S. The molecule has 3 aromatic heterocycles.